The van der Waals surface area contributed by atoms with E-state index in [9.17, 15) is 0 Å². The lowest BCUT2D eigenvalue weighted by atomic mass is 10.0. The Hall–Kier alpha value is -1.70. The van der Waals surface area contributed by atoms with Gasteiger partial charge < -0.3 is 0 Å². The summed E-state index contributed by atoms with van der Waals surface area (Å²) in [5, 5.41) is 0. The van der Waals surface area contributed by atoms with Gasteiger partial charge in [0.2, 0.25) is 0 Å². The molecule has 0 bridgehead atoms. The number of rotatable bonds is 35. The first-order chi connectivity index (χ1) is 25.5. The number of nitrogens with zero attached hydrogens (tertiary/aromatic N) is 2. The van der Waals surface area contributed by atoms with E-state index in [0.717, 1.165) is 0 Å². The van der Waals surface area contributed by atoms with Crippen molar-refractivity contribution >= 4 is 0 Å². The molecule has 2 aromatic heterocycles. The van der Waals surface area contributed by atoms with Crippen molar-refractivity contribution in [1.82, 2.24) is 0 Å². The van der Waals surface area contributed by atoms with E-state index in [0.29, 0.717) is 0 Å². The number of aryl methyl sites for hydroxylation is 6. The van der Waals surface area contributed by atoms with Crippen molar-refractivity contribution < 1.29 is 9.13 Å². The third-order valence-corrected chi connectivity index (χ3v) is 11.8. The molecule has 0 unspecified atom stereocenters. The lowest BCUT2D eigenvalue weighted by molar-refractivity contribution is -0.710. The van der Waals surface area contributed by atoms with E-state index in [1.165, 1.54) is 241 Å². The highest BCUT2D eigenvalue weighted by Crippen LogP contribution is 2.16. The second-order valence-electron chi connectivity index (χ2n) is 17.0. The average Bonchev–Trinajstić information content (AvgIpc) is 3.11. The molecule has 2 nitrogen and oxygen atoms in total. The van der Waals surface area contributed by atoms with E-state index in [2.05, 4.69) is 74.9 Å². The maximum Gasteiger partial charge on any atom is 0.181 e. The van der Waals surface area contributed by atoms with Crippen LogP contribution in [-0.2, 0) is 25.9 Å². The molecule has 0 aliphatic carbocycles. The molecule has 2 rings (SSSR count). The van der Waals surface area contributed by atoms with Gasteiger partial charge >= 0.3 is 0 Å². The first kappa shape index (κ1) is 46.5. The largest absolute Gasteiger partial charge is 0.200 e. The van der Waals surface area contributed by atoms with Crippen LogP contribution < -0.4 is 9.13 Å². The van der Waals surface area contributed by atoms with Crippen LogP contribution in [0.15, 0.2) is 24.3 Å². The van der Waals surface area contributed by atoms with Crippen molar-refractivity contribution in [3.8, 4) is 0 Å². The molecule has 298 valence electrons. The van der Waals surface area contributed by atoms with Crippen LogP contribution in [-0.4, -0.2) is 0 Å². The van der Waals surface area contributed by atoms with Crippen molar-refractivity contribution in [2.24, 2.45) is 0 Å². The quantitative estimate of drug-likeness (QED) is 0.0495. The molecule has 52 heavy (non-hydrogen) atoms. The van der Waals surface area contributed by atoms with E-state index in [4.69, 9.17) is 0 Å². The van der Waals surface area contributed by atoms with Crippen LogP contribution in [0.5, 0.6) is 0 Å². The molecule has 0 radical (unpaired) electrons. The van der Waals surface area contributed by atoms with Gasteiger partial charge in [0, 0.05) is 63.8 Å². The Kier molecular flexibility index (Phi) is 28.3. The lowest BCUT2D eigenvalue weighted by Gasteiger charge is -2.10. The first-order valence-corrected chi connectivity index (χ1v) is 23.5. The molecule has 2 heteroatoms. The fourth-order valence-corrected chi connectivity index (χ4v) is 8.63. The summed E-state index contributed by atoms with van der Waals surface area (Å²) < 4.78 is 5.31. The fraction of sp³-hybridized carbons (Fsp3) is 0.800. The minimum absolute atomic E-state index is 1.20. The zero-order valence-corrected chi connectivity index (χ0v) is 36.2. The lowest BCUT2D eigenvalue weighted by Crippen LogP contribution is -2.42. The Morgan fingerprint density at radius 2 is 0.558 bits per heavy atom. The molecular weight excluding hydrogens is 629 g/mol. The highest BCUT2D eigenvalue weighted by molar-refractivity contribution is 5.15. The average molecular weight is 719 g/mol. The SMILES string of the molecule is CCCCCCCCCCCCCCc1cc(C)cc(C)[n+]1CCCCCCCC[n+]1c(C)cc(C)cc1CCCCCCCCCCCCCC. The van der Waals surface area contributed by atoms with Gasteiger partial charge in [0.15, 0.2) is 22.8 Å². The van der Waals surface area contributed by atoms with Crippen molar-refractivity contribution in [1.29, 1.82) is 0 Å². The number of aromatic nitrogens is 2. The van der Waals surface area contributed by atoms with Crippen LogP contribution in [0.25, 0.3) is 0 Å². The van der Waals surface area contributed by atoms with Crippen LogP contribution in [0.4, 0.5) is 0 Å². The summed E-state index contributed by atoms with van der Waals surface area (Å²) >= 11 is 0. The third kappa shape index (κ3) is 22.5. The Labute approximate surface area is 326 Å². The van der Waals surface area contributed by atoms with Gasteiger partial charge in [-0.2, -0.15) is 0 Å². The third-order valence-electron chi connectivity index (χ3n) is 11.8. The van der Waals surface area contributed by atoms with Crippen LogP contribution in [0, 0.1) is 27.7 Å². The summed E-state index contributed by atoms with van der Waals surface area (Å²) in [6.07, 6.45) is 44.8. The van der Waals surface area contributed by atoms with Gasteiger partial charge in [-0.1, -0.05) is 168 Å². The number of unbranched alkanes of at least 4 members (excludes halogenated alkanes) is 27. The van der Waals surface area contributed by atoms with E-state index in [-0.39, 0.29) is 0 Å². The maximum atomic E-state index is 2.65. The zero-order valence-electron chi connectivity index (χ0n) is 36.2. The van der Waals surface area contributed by atoms with Crippen molar-refractivity contribution in [3.05, 3.63) is 58.2 Å². The van der Waals surface area contributed by atoms with E-state index >= 15 is 0 Å². The van der Waals surface area contributed by atoms with Gasteiger partial charge in [-0.3, -0.25) is 0 Å². The second kappa shape index (κ2) is 31.6. The van der Waals surface area contributed by atoms with E-state index < -0.39 is 0 Å². The summed E-state index contributed by atoms with van der Waals surface area (Å²) in [4.78, 5) is 0. The molecule has 0 aliphatic rings. The fourth-order valence-electron chi connectivity index (χ4n) is 8.63. The van der Waals surface area contributed by atoms with Gasteiger partial charge in [0.25, 0.3) is 0 Å². The summed E-state index contributed by atoms with van der Waals surface area (Å²) in [6, 6.07) is 9.73. The number of pyridine rings is 2. The highest BCUT2D eigenvalue weighted by Gasteiger charge is 2.16. The van der Waals surface area contributed by atoms with Crippen molar-refractivity contribution in [3.63, 3.8) is 0 Å². The molecule has 0 fully saturated rings. The summed E-state index contributed by atoms with van der Waals surface area (Å²) in [5.41, 5.74) is 8.93. The number of hydrogen-bond donors (Lipinski definition) is 0. The minimum atomic E-state index is 1.20. The zero-order chi connectivity index (χ0) is 37.5. The van der Waals surface area contributed by atoms with Gasteiger partial charge in [0.05, 0.1) is 0 Å². The Balaban J connectivity index is 1.59. The molecule has 2 aromatic rings. The molecule has 0 aromatic carbocycles. The molecule has 0 saturated heterocycles. The second-order valence-corrected chi connectivity index (χ2v) is 17.0. The molecule has 0 atom stereocenters. The molecule has 0 aliphatic heterocycles. The summed E-state index contributed by atoms with van der Waals surface area (Å²) in [6.45, 7) is 16.2. The standard InChI is InChI=1S/C50H90N2/c1-7-9-11-13-15-17-19-21-23-25-29-33-37-49-43-45(3)41-47(5)51(49)39-35-31-27-28-32-36-40-52-48(6)42-46(4)44-50(52)38-34-30-26-24-22-20-18-16-14-12-10-8-2/h41-44H,7-40H2,1-6H3/q+2. The molecule has 0 N–H and O–H groups in total. The molecular formula is C50H90N2+2. The van der Waals surface area contributed by atoms with Crippen LogP contribution in [0.2, 0.25) is 0 Å². The molecule has 0 saturated carbocycles. The monoisotopic (exact) mass is 719 g/mol. The van der Waals surface area contributed by atoms with Crippen molar-refractivity contribution in [2.45, 2.75) is 260 Å². The van der Waals surface area contributed by atoms with Gasteiger partial charge in [-0.25, -0.2) is 9.13 Å². The predicted octanol–water partition coefficient (Wildman–Crippen LogP) is 15.0. The van der Waals surface area contributed by atoms with E-state index in [1.807, 2.05) is 0 Å². The van der Waals surface area contributed by atoms with Crippen LogP contribution >= 0.6 is 0 Å². The summed E-state index contributed by atoms with van der Waals surface area (Å²) in [5.74, 6) is 0. The normalized spacial score (nSPS) is 11.6. The summed E-state index contributed by atoms with van der Waals surface area (Å²) in [7, 11) is 0. The smallest absolute Gasteiger partial charge is 0.181 e. The Morgan fingerprint density at radius 3 is 0.846 bits per heavy atom. The highest BCUT2D eigenvalue weighted by atomic mass is 15.0. The van der Waals surface area contributed by atoms with Crippen molar-refractivity contribution in [2.75, 3.05) is 0 Å². The predicted molar refractivity (Wildman–Crippen MR) is 229 cm³/mol. The van der Waals surface area contributed by atoms with Gasteiger partial charge in [-0.05, 0) is 50.7 Å². The topological polar surface area (TPSA) is 7.76 Å². The Bertz CT molecular complexity index is 1040. The van der Waals surface area contributed by atoms with Crippen LogP contribution in [0.3, 0.4) is 0 Å². The number of hydrogen-bond acceptors (Lipinski definition) is 0. The molecule has 0 amide bonds. The van der Waals surface area contributed by atoms with Crippen LogP contribution in [0.1, 0.15) is 240 Å². The van der Waals surface area contributed by atoms with Gasteiger partial charge in [-0.15, -0.1) is 0 Å². The van der Waals surface area contributed by atoms with Gasteiger partial charge in [0.1, 0.15) is 13.1 Å². The minimum Gasteiger partial charge on any atom is -0.200 e. The maximum absolute atomic E-state index is 2.65. The molecule has 2 heterocycles. The first-order valence-electron chi connectivity index (χ1n) is 23.5. The van der Waals surface area contributed by atoms with E-state index in [1.54, 1.807) is 11.4 Å². The Morgan fingerprint density at radius 1 is 0.308 bits per heavy atom. The molecule has 0 spiro atoms.